The van der Waals surface area contributed by atoms with Gasteiger partial charge in [-0.15, -0.1) is 0 Å². The van der Waals surface area contributed by atoms with Crippen molar-refractivity contribution in [2.75, 3.05) is 41.5 Å². The second kappa shape index (κ2) is 8.01. The Balaban J connectivity index is 1.47. The van der Waals surface area contributed by atoms with Gasteiger partial charge in [0, 0.05) is 31.1 Å². The highest BCUT2D eigenvalue weighted by molar-refractivity contribution is 5.50. The molecule has 0 amide bonds. The third kappa shape index (κ3) is 3.33. The molecular weight excluding hydrogens is 406 g/mol. The normalized spacial score (nSPS) is 29.1. The maximum Gasteiger partial charge on any atom is 0.190 e. The first-order valence-electron chi connectivity index (χ1n) is 11.2. The van der Waals surface area contributed by atoms with Crippen LogP contribution in [0.15, 0.2) is 54.2 Å². The lowest BCUT2D eigenvalue weighted by atomic mass is 9.69. The average molecular weight is 438 g/mol. The molecule has 0 saturated carbocycles. The molecule has 2 fully saturated rings. The van der Waals surface area contributed by atoms with Crippen molar-refractivity contribution in [2.45, 2.75) is 36.6 Å². The van der Waals surface area contributed by atoms with Gasteiger partial charge >= 0.3 is 0 Å². The predicted octanol–water partition coefficient (Wildman–Crippen LogP) is 4.45. The van der Waals surface area contributed by atoms with Gasteiger partial charge in [0.15, 0.2) is 17.3 Å². The number of ether oxygens (including phenoxy) is 5. The van der Waals surface area contributed by atoms with Crippen molar-refractivity contribution >= 4 is 0 Å². The molecule has 32 heavy (non-hydrogen) atoms. The Morgan fingerprint density at radius 3 is 2.56 bits per heavy atom. The predicted molar refractivity (Wildman–Crippen MR) is 121 cm³/mol. The minimum atomic E-state index is -0.693. The van der Waals surface area contributed by atoms with E-state index in [1.165, 1.54) is 11.3 Å². The van der Waals surface area contributed by atoms with E-state index >= 15 is 0 Å². The molecule has 1 unspecified atom stereocenters. The molecule has 1 spiro atoms. The van der Waals surface area contributed by atoms with Crippen LogP contribution in [-0.4, -0.2) is 52.2 Å². The molecule has 5 rings (SSSR count). The number of methoxy groups -OCH3 is 3. The summed E-state index contributed by atoms with van der Waals surface area (Å²) in [7, 11) is 7.19. The maximum absolute atomic E-state index is 6.57. The Hall–Kier alpha value is -2.70. The van der Waals surface area contributed by atoms with Gasteiger partial charge in [-0.25, -0.2) is 0 Å². The fourth-order valence-electron chi connectivity index (χ4n) is 5.45. The monoisotopic (exact) mass is 437 g/mol. The lowest BCUT2D eigenvalue weighted by molar-refractivity contribution is -0.143. The van der Waals surface area contributed by atoms with Crippen LogP contribution in [-0.2, 0) is 14.9 Å². The summed E-state index contributed by atoms with van der Waals surface area (Å²) in [4.78, 5) is 2.34. The fraction of sp³-hybridized carbons (Fsp3) is 0.462. The summed E-state index contributed by atoms with van der Waals surface area (Å²) in [6.07, 6.45) is 4.92. The van der Waals surface area contributed by atoms with Gasteiger partial charge in [0.2, 0.25) is 0 Å². The van der Waals surface area contributed by atoms with Crippen LogP contribution in [0.3, 0.4) is 0 Å². The minimum Gasteiger partial charge on any atom is -0.497 e. The number of likely N-dealkylation sites (tertiary alicyclic amines) is 1. The molecule has 170 valence electrons. The van der Waals surface area contributed by atoms with Crippen molar-refractivity contribution in [1.82, 2.24) is 4.90 Å². The highest BCUT2D eigenvalue weighted by Gasteiger charge is 2.53. The van der Waals surface area contributed by atoms with E-state index in [-0.39, 0.29) is 11.5 Å². The summed E-state index contributed by atoms with van der Waals surface area (Å²) in [6, 6.07) is 14.3. The number of fused-ring (bicyclic) bond motifs is 1. The number of likely N-dealkylation sites (N-methyl/N-ethyl adjacent to an activating group) is 1. The quantitative estimate of drug-likeness (QED) is 0.689. The van der Waals surface area contributed by atoms with Crippen molar-refractivity contribution in [2.24, 2.45) is 0 Å². The average Bonchev–Trinajstić information content (AvgIpc) is 3.41. The van der Waals surface area contributed by atoms with Gasteiger partial charge in [-0.1, -0.05) is 18.2 Å². The zero-order valence-electron chi connectivity index (χ0n) is 19.2. The lowest BCUT2D eigenvalue weighted by Gasteiger charge is -2.41. The molecule has 3 atom stereocenters. The Morgan fingerprint density at radius 2 is 1.78 bits per heavy atom. The van der Waals surface area contributed by atoms with E-state index < -0.39 is 5.79 Å². The zero-order valence-corrected chi connectivity index (χ0v) is 19.2. The summed E-state index contributed by atoms with van der Waals surface area (Å²) in [6.45, 7) is 1.53. The van der Waals surface area contributed by atoms with Crippen LogP contribution in [0.4, 0.5) is 0 Å². The Kier molecular flexibility index (Phi) is 5.30. The van der Waals surface area contributed by atoms with Gasteiger partial charge in [-0.3, -0.25) is 0 Å². The molecule has 0 aromatic heterocycles. The summed E-state index contributed by atoms with van der Waals surface area (Å²) >= 11 is 0. The second-order valence-electron chi connectivity index (χ2n) is 8.86. The summed E-state index contributed by atoms with van der Waals surface area (Å²) in [5, 5.41) is 0. The standard InChI is InChI=1S/C26H31NO5/c1-27-13-12-25(19-8-9-21(29-3)22(15-19)30-4)10-11-26(16-24(25)27)31-17-23(32-26)18-6-5-7-20(14-18)28-2/h5-9,14-16,23H,10-13,17H2,1-4H3/t23-,25+,26?/m1/s1. The van der Waals surface area contributed by atoms with Crippen molar-refractivity contribution in [1.29, 1.82) is 0 Å². The Labute approximate surface area is 189 Å². The lowest BCUT2D eigenvalue weighted by Crippen LogP contribution is -2.41. The van der Waals surface area contributed by atoms with Crippen LogP contribution in [0, 0.1) is 0 Å². The molecule has 2 saturated heterocycles. The van der Waals surface area contributed by atoms with E-state index in [4.69, 9.17) is 23.7 Å². The smallest absolute Gasteiger partial charge is 0.190 e. The van der Waals surface area contributed by atoms with E-state index in [0.29, 0.717) is 6.61 Å². The molecule has 2 heterocycles. The summed E-state index contributed by atoms with van der Waals surface area (Å²) < 4.78 is 29.3. The number of nitrogens with zero attached hydrogens (tertiary/aromatic N) is 1. The van der Waals surface area contributed by atoms with E-state index in [9.17, 15) is 0 Å². The first kappa shape index (κ1) is 21.2. The maximum atomic E-state index is 6.57. The van der Waals surface area contributed by atoms with Crippen LogP contribution in [0.25, 0.3) is 0 Å². The van der Waals surface area contributed by atoms with Crippen LogP contribution in [0.1, 0.15) is 36.5 Å². The molecule has 2 aliphatic heterocycles. The molecular formula is C26H31NO5. The van der Waals surface area contributed by atoms with E-state index in [1.54, 1.807) is 21.3 Å². The first-order chi connectivity index (χ1) is 15.5. The van der Waals surface area contributed by atoms with Gasteiger partial charge in [0.1, 0.15) is 11.9 Å². The molecule has 2 aromatic carbocycles. The summed E-state index contributed by atoms with van der Waals surface area (Å²) in [5.41, 5.74) is 3.53. The van der Waals surface area contributed by atoms with Gasteiger partial charge in [0.25, 0.3) is 0 Å². The number of rotatable bonds is 5. The fourth-order valence-corrected chi connectivity index (χ4v) is 5.45. The van der Waals surface area contributed by atoms with Crippen molar-refractivity contribution < 1.29 is 23.7 Å². The number of allylic oxidation sites excluding steroid dienone is 1. The molecule has 2 aromatic rings. The Bertz CT molecular complexity index is 1040. The third-order valence-electron chi connectivity index (χ3n) is 7.25. The molecule has 3 aliphatic rings. The van der Waals surface area contributed by atoms with Crippen LogP contribution >= 0.6 is 0 Å². The molecule has 0 N–H and O–H groups in total. The second-order valence-corrected chi connectivity index (χ2v) is 8.86. The van der Waals surface area contributed by atoms with Gasteiger partial charge in [0.05, 0.1) is 27.9 Å². The van der Waals surface area contributed by atoms with E-state index in [0.717, 1.165) is 48.6 Å². The van der Waals surface area contributed by atoms with Crippen LogP contribution < -0.4 is 14.2 Å². The van der Waals surface area contributed by atoms with Crippen LogP contribution in [0.5, 0.6) is 17.2 Å². The van der Waals surface area contributed by atoms with Gasteiger partial charge in [-0.2, -0.15) is 0 Å². The van der Waals surface area contributed by atoms with Gasteiger partial charge in [-0.05, 0) is 54.3 Å². The molecule has 0 bridgehead atoms. The topological polar surface area (TPSA) is 49.4 Å². The molecule has 1 aliphatic carbocycles. The van der Waals surface area contributed by atoms with Crippen LogP contribution in [0.2, 0.25) is 0 Å². The first-order valence-corrected chi connectivity index (χ1v) is 11.2. The van der Waals surface area contributed by atoms with Gasteiger partial charge < -0.3 is 28.6 Å². The molecule has 6 nitrogen and oxygen atoms in total. The summed E-state index contributed by atoms with van der Waals surface area (Å²) in [5.74, 6) is 1.65. The third-order valence-corrected chi connectivity index (χ3v) is 7.25. The largest absolute Gasteiger partial charge is 0.497 e. The van der Waals surface area contributed by atoms with Crippen molar-refractivity contribution in [3.8, 4) is 17.2 Å². The van der Waals surface area contributed by atoms with Crippen molar-refractivity contribution in [3.05, 3.63) is 65.4 Å². The molecule has 6 heteroatoms. The SMILES string of the molecule is COc1cccc([C@H]2COC3(C=C4N(C)CC[C@]4(c4ccc(OC)c(OC)c4)CC3)O2)c1. The van der Waals surface area contributed by atoms with E-state index in [1.807, 2.05) is 24.3 Å². The number of hydrogen-bond acceptors (Lipinski definition) is 6. The van der Waals surface area contributed by atoms with E-state index in [2.05, 4.69) is 36.2 Å². The molecule has 0 radical (unpaired) electrons. The highest BCUT2D eigenvalue weighted by Crippen LogP contribution is 2.54. The Morgan fingerprint density at radius 1 is 0.938 bits per heavy atom. The minimum absolute atomic E-state index is 0.0691. The van der Waals surface area contributed by atoms with Crippen molar-refractivity contribution in [3.63, 3.8) is 0 Å². The number of hydrogen-bond donors (Lipinski definition) is 0. The zero-order chi connectivity index (χ0) is 22.3. The highest BCUT2D eigenvalue weighted by atomic mass is 16.7. The number of benzene rings is 2.